The summed E-state index contributed by atoms with van der Waals surface area (Å²) >= 11 is 1.84. The van der Waals surface area contributed by atoms with E-state index in [0.29, 0.717) is 0 Å². The van der Waals surface area contributed by atoms with Crippen LogP contribution in [0.5, 0.6) is 0 Å². The number of benzene rings is 8. The molecule has 0 N–H and O–H groups in total. The predicted molar refractivity (Wildman–Crippen MR) is 261 cm³/mol. The molecule has 1 heterocycles. The van der Waals surface area contributed by atoms with Gasteiger partial charge in [0.15, 0.2) is 0 Å². The highest BCUT2D eigenvalue weighted by atomic mass is 32.1. The van der Waals surface area contributed by atoms with Crippen molar-refractivity contribution in [1.29, 1.82) is 0 Å². The van der Waals surface area contributed by atoms with E-state index >= 15 is 0 Å². The minimum atomic E-state index is 0.177. The Hall–Kier alpha value is -7.46. The van der Waals surface area contributed by atoms with Crippen molar-refractivity contribution in [3.8, 4) is 43.1 Å². The lowest BCUT2D eigenvalue weighted by Gasteiger charge is -2.33. The van der Waals surface area contributed by atoms with Crippen molar-refractivity contribution in [2.45, 2.75) is 12.5 Å². The van der Waals surface area contributed by atoms with E-state index in [2.05, 4.69) is 259 Å². The van der Waals surface area contributed by atoms with Gasteiger partial charge in [0.05, 0.1) is 6.04 Å². The molecule has 8 aromatic carbocycles. The maximum atomic E-state index is 2.46. The van der Waals surface area contributed by atoms with Crippen molar-refractivity contribution >= 4 is 45.3 Å². The molecular weight excluding hydrogens is 757 g/mol. The van der Waals surface area contributed by atoms with Crippen LogP contribution in [0.1, 0.15) is 12.0 Å². The summed E-state index contributed by atoms with van der Waals surface area (Å²) in [4.78, 5) is 7.37. The number of nitrogens with zero attached hydrogens (tertiary/aromatic N) is 2. The third kappa shape index (κ3) is 8.25. The lowest BCUT2D eigenvalue weighted by Crippen LogP contribution is -2.30. The van der Waals surface area contributed by atoms with Crippen molar-refractivity contribution < 1.29 is 0 Å². The molecule has 3 heteroatoms. The summed E-state index contributed by atoms with van der Waals surface area (Å²) in [5, 5.41) is 0. The first-order valence-corrected chi connectivity index (χ1v) is 21.8. The van der Waals surface area contributed by atoms with Crippen LogP contribution in [0.2, 0.25) is 0 Å². The zero-order valence-corrected chi connectivity index (χ0v) is 34.6. The Morgan fingerprint density at radius 3 is 1.15 bits per heavy atom. The van der Waals surface area contributed by atoms with Gasteiger partial charge in [-0.1, -0.05) is 176 Å². The van der Waals surface area contributed by atoms with Crippen molar-refractivity contribution in [2.75, 3.05) is 9.80 Å². The Kier molecular flexibility index (Phi) is 10.8. The van der Waals surface area contributed by atoms with E-state index in [1.54, 1.807) is 0 Å². The molecule has 0 bridgehead atoms. The molecule has 292 valence electrons. The van der Waals surface area contributed by atoms with Gasteiger partial charge < -0.3 is 9.80 Å². The van der Waals surface area contributed by atoms with Crippen molar-refractivity contribution in [3.05, 3.63) is 254 Å². The Bertz CT molecular complexity index is 2800. The molecule has 1 aliphatic rings. The van der Waals surface area contributed by atoms with E-state index in [1.165, 1.54) is 65.6 Å². The number of allylic oxidation sites excluding steroid dienone is 2. The highest BCUT2D eigenvalue weighted by molar-refractivity contribution is 7.18. The monoisotopic (exact) mass is 800 g/mol. The van der Waals surface area contributed by atoms with Gasteiger partial charge in [-0.05, 0) is 124 Å². The first-order chi connectivity index (χ1) is 30.2. The van der Waals surface area contributed by atoms with E-state index in [0.717, 1.165) is 23.5 Å². The first-order valence-electron chi connectivity index (χ1n) is 20.9. The third-order valence-electron chi connectivity index (χ3n) is 11.5. The van der Waals surface area contributed by atoms with E-state index in [4.69, 9.17) is 0 Å². The summed E-state index contributed by atoms with van der Waals surface area (Å²) in [7, 11) is 0. The van der Waals surface area contributed by atoms with Gasteiger partial charge in [-0.15, -0.1) is 11.3 Å². The number of hydrogen-bond acceptors (Lipinski definition) is 3. The molecule has 0 aliphatic heterocycles. The average molecular weight is 801 g/mol. The summed E-state index contributed by atoms with van der Waals surface area (Å²) in [5.41, 5.74) is 15.5. The number of para-hydroxylation sites is 1. The quantitative estimate of drug-likeness (QED) is 0.129. The molecule has 1 aliphatic carbocycles. The third-order valence-corrected chi connectivity index (χ3v) is 12.6. The molecule has 0 saturated heterocycles. The molecule has 1 aromatic heterocycles. The summed E-state index contributed by atoms with van der Waals surface area (Å²) in [5.74, 6) is 0. The van der Waals surface area contributed by atoms with Crippen LogP contribution in [0.3, 0.4) is 0 Å². The molecule has 0 amide bonds. The molecule has 9 aromatic rings. The van der Waals surface area contributed by atoms with Gasteiger partial charge in [-0.2, -0.15) is 0 Å². The smallest absolute Gasteiger partial charge is 0.0560 e. The SMILES string of the molecule is C1=CC(N(c2ccccc2)c2ccc(-c3ccc(-c4ccccc4)s3)cc2)CC=C1c1ccc(N(c2ccc(-c3ccccc3)cc2)c2ccc(-c3ccccc3)cc2)cc1. The molecule has 0 spiro atoms. The summed E-state index contributed by atoms with van der Waals surface area (Å²) in [6.45, 7) is 0. The fourth-order valence-corrected chi connectivity index (χ4v) is 9.31. The second kappa shape index (κ2) is 17.4. The topological polar surface area (TPSA) is 6.48 Å². The van der Waals surface area contributed by atoms with Crippen molar-refractivity contribution in [1.82, 2.24) is 0 Å². The van der Waals surface area contributed by atoms with Gasteiger partial charge in [0.2, 0.25) is 0 Å². The van der Waals surface area contributed by atoms with Crippen LogP contribution in [-0.2, 0) is 0 Å². The highest BCUT2D eigenvalue weighted by Gasteiger charge is 2.21. The lowest BCUT2D eigenvalue weighted by molar-refractivity contribution is 0.787. The zero-order valence-electron chi connectivity index (χ0n) is 33.8. The van der Waals surface area contributed by atoms with Gasteiger partial charge >= 0.3 is 0 Å². The second-order valence-electron chi connectivity index (χ2n) is 15.3. The molecule has 2 nitrogen and oxygen atoms in total. The van der Waals surface area contributed by atoms with Crippen LogP contribution in [0, 0.1) is 0 Å². The molecule has 1 atom stereocenters. The zero-order chi connectivity index (χ0) is 40.8. The predicted octanol–water partition coefficient (Wildman–Crippen LogP) is 16.4. The Balaban J connectivity index is 0.900. The van der Waals surface area contributed by atoms with Crippen LogP contribution in [-0.4, -0.2) is 6.04 Å². The fourth-order valence-electron chi connectivity index (χ4n) is 8.29. The molecule has 0 saturated carbocycles. The first kappa shape index (κ1) is 37.8. The molecule has 0 radical (unpaired) electrons. The van der Waals surface area contributed by atoms with Crippen molar-refractivity contribution in [2.24, 2.45) is 0 Å². The lowest BCUT2D eigenvalue weighted by atomic mass is 9.95. The number of thiophene rings is 1. The van der Waals surface area contributed by atoms with Crippen LogP contribution in [0.4, 0.5) is 28.4 Å². The molecule has 0 fully saturated rings. The van der Waals surface area contributed by atoms with Crippen LogP contribution >= 0.6 is 11.3 Å². The van der Waals surface area contributed by atoms with Gasteiger partial charge in [-0.3, -0.25) is 0 Å². The number of rotatable bonds is 11. The van der Waals surface area contributed by atoms with Crippen LogP contribution in [0.15, 0.2) is 249 Å². The normalized spacial score (nSPS) is 13.4. The van der Waals surface area contributed by atoms with Gasteiger partial charge in [-0.25, -0.2) is 0 Å². The largest absolute Gasteiger partial charge is 0.334 e. The molecule has 10 rings (SSSR count). The van der Waals surface area contributed by atoms with Gasteiger partial charge in [0, 0.05) is 38.2 Å². The molecule has 1 unspecified atom stereocenters. The van der Waals surface area contributed by atoms with Crippen LogP contribution in [0.25, 0.3) is 48.7 Å². The minimum Gasteiger partial charge on any atom is -0.334 e. The van der Waals surface area contributed by atoms with Gasteiger partial charge in [0.25, 0.3) is 0 Å². The van der Waals surface area contributed by atoms with Gasteiger partial charge in [0.1, 0.15) is 0 Å². The summed E-state index contributed by atoms with van der Waals surface area (Å²) in [6, 6.07) is 83.0. The standard InChI is InChI=1S/C58H44N2S/c1-5-13-43(14-6-1)45-21-31-53(32-22-45)60(54-33-23-46(24-34-54)44-15-7-2-8-16-44)55-37-27-48(28-38-55)47-25-35-52(36-26-47)59(51-19-11-4-12-20-51)56-39-29-50(30-40-56)58-42-41-57(61-58)49-17-9-3-10-18-49/h1-35,37-42,52H,36H2. The number of anilines is 5. The molecule has 61 heavy (non-hydrogen) atoms. The Labute approximate surface area is 363 Å². The fraction of sp³-hybridized carbons (Fsp3) is 0.0345. The maximum Gasteiger partial charge on any atom is 0.0560 e. The van der Waals surface area contributed by atoms with Crippen molar-refractivity contribution in [3.63, 3.8) is 0 Å². The second-order valence-corrected chi connectivity index (χ2v) is 16.4. The average Bonchev–Trinajstić information content (AvgIpc) is 3.85. The summed E-state index contributed by atoms with van der Waals surface area (Å²) < 4.78 is 0. The van der Waals surface area contributed by atoms with E-state index < -0.39 is 0 Å². The van der Waals surface area contributed by atoms with E-state index in [1.807, 2.05) is 11.3 Å². The Morgan fingerprint density at radius 2 is 0.689 bits per heavy atom. The molecular formula is C58H44N2S. The minimum absolute atomic E-state index is 0.177. The number of hydrogen-bond donors (Lipinski definition) is 0. The maximum absolute atomic E-state index is 2.46. The van der Waals surface area contributed by atoms with E-state index in [-0.39, 0.29) is 6.04 Å². The summed E-state index contributed by atoms with van der Waals surface area (Å²) in [6.07, 6.45) is 7.95. The Morgan fingerprint density at radius 1 is 0.328 bits per heavy atom. The van der Waals surface area contributed by atoms with E-state index in [9.17, 15) is 0 Å². The van der Waals surface area contributed by atoms with Crippen LogP contribution < -0.4 is 9.80 Å². The highest BCUT2D eigenvalue weighted by Crippen LogP contribution is 2.40.